The van der Waals surface area contributed by atoms with E-state index in [0.717, 1.165) is 19.3 Å². The number of aliphatic imine (C=N–C) groups is 1. The molecule has 1 fully saturated rings. The Hall–Kier alpha value is -2.78. The predicted octanol–water partition coefficient (Wildman–Crippen LogP) is 4.89. The number of amidine groups is 1. The van der Waals surface area contributed by atoms with E-state index < -0.39 is 12.2 Å². The maximum Gasteiger partial charge on any atom is 0.276 e. The van der Waals surface area contributed by atoms with Crippen LogP contribution in [-0.2, 0) is 5.54 Å². The highest BCUT2D eigenvalue weighted by molar-refractivity contribution is 8.02. The monoisotopic (exact) mass is 513 g/mol. The van der Waals surface area contributed by atoms with Crippen molar-refractivity contribution in [2.24, 2.45) is 10.7 Å². The lowest BCUT2D eigenvalue weighted by Crippen LogP contribution is -2.56. The van der Waals surface area contributed by atoms with E-state index in [-0.39, 0.29) is 15.9 Å². The number of imidazole rings is 1. The number of aryl methyl sites for hydroxylation is 1. The molecule has 10 heteroatoms. The number of carbonyl (C=O) groups is 1. The molecule has 182 valence electrons. The van der Waals surface area contributed by atoms with Crippen molar-refractivity contribution in [3.05, 3.63) is 58.5 Å². The number of nitrogens with one attached hydrogen (secondary N) is 1. The molecule has 4 heterocycles. The van der Waals surface area contributed by atoms with Gasteiger partial charge in [-0.3, -0.25) is 9.79 Å². The molecule has 7 nitrogen and oxygen atoms in total. The van der Waals surface area contributed by atoms with Gasteiger partial charge in [-0.15, -0.1) is 11.8 Å². The Morgan fingerprint density at radius 3 is 2.94 bits per heavy atom. The second kappa shape index (κ2) is 8.13. The Balaban J connectivity index is 1.38. The van der Waals surface area contributed by atoms with Crippen LogP contribution in [0.1, 0.15) is 47.4 Å². The minimum atomic E-state index is -1.14. The molecule has 2 unspecified atom stereocenters. The minimum absolute atomic E-state index is 0.0993. The van der Waals surface area contributed by atoms with Gasteiger partial charge in [-0.2, -0.15) is 0 Å². The van der Waals surface area contributed by atoms with Crippen LogP contribution in [0.15, 0.2) is 41.5 Å². The van der Waals surface area contributed by atoms with E-state index in [0.29, 0.717) is 57.9 Å². The SMILES string of the molecule is Cc1c(C(=O)Nc2ccc3c(c2)C2(CF)N=C(N)C4(CCC4)SC2CCO3)nc2ccc(Cl)cn12. The van der Waals surface area contributed by atoms with Crippen molar-refractivity contribution in [3.63, 3.8) is 0 Å². The molecular weight excluding hydrogens is 489 g/mol. The van der Waals surface area contributed by atoms with E-state index in [9.17, 15) is 9.18 Å². The number of nitrogens with zero attached hydrogens (tertiary/aromatic N) is 3. The number of rotatable bonds is 3. The lowest BCUT2D eigenvalue weighted by atomic mass is 9.80. The number of halogens is 2. The first kappa shape index (κ1) is 22.7. The van der Waals surface area contributed by atoms with Gasteiger partial charge in [-0.25, -0.2) is 9.37 Å². The topological polar surface area (TPSA) is 94.0 Å². The van der Waals surface area contributed by atoms with Crippen molar-refractivity contribution in [3.8, 4) is 5.75 Å². The minimum Gasteiger partial charge on any atom is -0.493 e. The smallest absolute Gasteiger partial charge is 0.276 e. The molecule has 1 spiro atoms. The van der Waals surface area contributed by atoms with Crippen molar-refractivity contribution in [2.75, 3.05) is 18.6 Å². The van der Waals surface area contributed by atoms with Crippen LogP contribution in [-0.4, -0.2) is 44.4 Å². The standard InChI is InChI=1S/C25H25ClFN5O2S/c1-14-21(30-20-6-3-15(26)12-32(14)20)22(33)29-16-4-5-18-17(11-16)25(13-27)19(7-10-34-18)35-24(8-2-9-24)23(28)31-25/h3-6,11-12,19H,2,7-10,13H2,1H3,(H2,28,31)(H,29,33). The van der Waals surface area contributed by atoms with Crippen LogP contribution in [0.3, 0.4) is 0 Å². The Labute approximate surface area is 211 Å². The number of anilines is 1. The van der Waals surface area contributed by atoms with E-state index in [4.69, 9.17) is 27.1 Å². The first-order chi connectivity index (χ1) is 16.8. The summed E-state index contributed by atoms with van der Waals surface area (Å²) in [6, 6.07) is 8.78. The molecule has 2 aliphatic heterocycles. The summed E-state index contributed by atoms with van der Waals surface area (Å²) in [6.07, 6.45) is 5.44. The molecule has 0 radical (unpaired) electrons. The molecule has 0 saturated heterocycles. The van der Waals surface area contributed by atoms with E-state index >= 15 is 0 Å². The first-order valence-corrected chi connectivity index (χ1v) is 12.9. The Bertz CT molecular complexity index is 1390. The number of carbonyl (C=O) groups excluding carboxylic acids is 1. The van der Waals surface area contributed by atoms with E-state index in [1.54, 1.807) is 52.7 Å². The zero-order valence-corrected chi connectivity index (χ0v) is 20.8. The van der Waals surface area contributed by atoms with Gasteiger partial charge >= 0.3 is 0 Å². The van der Waals surface area contributed by atoms with Gasteiger partial charge in [-0.05, 0) is 62.9 Å². The third kappa shape index (κ3) is 3.42. The fourth-order valence-corrected chi connectivity index (χ4v) is 7.35. The lowest BCUT2D eigenvalue weighted by molar-refractivity contribution is 0.102. The van der Waals surface area contributed by atoms with Gasteiger partial charge in [0.15, 0.2) is 0 Å². The summed E-state index contributed by atoms with van der Waals surface area (Å²) < 4.78 is 22.5. The average Bonchev–Trinajstić information content (AvgIpc) is 3.06. The molecule has 2 aromatic heterocycles. The highest BCUT2D eigenvalue weighted by Crippen LogP contribution is 2.57. The zero-order valence-electron chi connectivity index (χ0n) is 19.2. The fourth-order valence-electron chi connectivity index (χ4n) is 5.30. The van der Waals surface area contributed by atoms with Crippen LogP contribution in [0, 0.1) is 6.92 Å². The van der Waals surface area contributed by atoms with Crippen molar-refractivity contribution in [2.45, 2.75) is 48.1 Å². The number of hydrogen-bond donors (Lipinski definition) is 2. The van der Waals surface area contributed by atoms with Crippen LogP contribution in [0.2, 0.25) is 5.02 Å². The van der Waals surface area contributed by atoms with E-state index in [1.165, 1.54) is 0 Å². The van der Waals surface area contributed by atoms with Crippen LogP contribution in [0.25, 0.3) is 5.65 Å². The molecule has 0 bridgehead atoms. The van der Waals surface area contributed by atoms with Gasteiger partial charge in [0.1, 0.15) is 35.1 Å². The van der Waals surface area contributed by atoms with Gasteiger partial charge in [-0.1, -0.05) is 11.6 Å². The van der Waals surface area contributed by atoms with Crippen LogP contribution in [0.5, 0.6) is 5.75 Å². The van der Waals surface area contributed by atoms with Crippen molar-refractivity contribution < 1.29 is 13.9 Å². The number of aromatic nitrogens is 2. The van der Waals surface area contributed by atoms with Gasteiger partial charge in [0.05, 0.1) is 22.1 Å². The summed E-state index contributed by atoms with van der Waals surface area (Å²) in [7, 11) is 0. The molecule has 6 rings (SSSR count). The number of nitrogens with two attached hydrogens (primary N) is 1. The van der Waals surface area contributed by atoms with E-state index in [1.807, 2.05) is 6.92 Å². The number of ether oxygens (including phenoxy) is 1. The van der Waals surface area contributed by atoms with Crippen LogP contribution >= 0.6 is 23.4 Å². The highest BCUT2D eigenvalue weighted by atomic mass is 35.5. The number of alkyl halides is 1. The Morgan fingerprint density at radius 1 is 1.37 bits per heavy atom. The Morgan fingerprint density at radius 2 is 2.20 bits per heavy atom. The Kier molecular flexibility index (Phi) is 5.27. The maximum absolute atomic E-state index is 14.9. The molecule has 1 saturated carbocycles. The summed E-state index contributed by atoms with van der Waals surface area (Å²) in [5.41, 5.74) is 8.02. The molecule has 3 N–H and O–H groups in total. The fraction of sp³-hybridized carbons (Fsp3) is 0.400. The molecule has 1 amide bonds. The molecule has 1 aliphatic carbocycles. The summed E-state index contributed by atoms with van der Waals surface area (Å²) in [5, 5.41) is 3.37. The van der Waals surface area contributed by atoms with Crippen molar-refractivity contribution in [1.29, 1.82) is 0 Å². The number of hydrogen-bond acceptors (Lipinski definition) is 6. The first-order valence-electron chi connectivity index (χ1n) is 11.7. The molecule has 2 atom stereocenters. The largest absolute Gasteiger partial charge is 0.493 e. The predicted molar refractivity (Wildman–Crippen MR) is 137 cm³/mol. The summed E-state index contributed by atoms with van der Waals surface area (Å²) in [4.78, 5) is 22.5. The van der Waals surface area contributed by atoms with Gasteiger partial charge in [0.2, 0.25) is 0 Å². The highest BCUT2D eigenvalue weighted by Gasteiger charge is 2.56. The summed E-state index contributed by atoms with van der Waals surface area (Å²) in [5.74, 6) is 0.726. The number of thioether (sulfide) groups is 1. The molecule has 1 aromatic carbocycles. The van der Waals surface area contributed by atoms with Gasteiger partial charge in [0, 0.05) is 22.7 Å². The zero-order chi connectivity index (χ0) is 24.4. The van der Waals surface area contributed by atoms with Crippen molar-refractivity contribution in [1.82, 2.24) is 9.38 Å². The second-order valence-electron chi connectivity index (χ2n) is 9.43. The quantitative estimate of drug-likeness (QED) is 0.520. The summed E-state index contributed by atoms with van der Waals surface area (Å²) >= 11 is 7.85. The van der Waals surface area contributed by atoms with Crippen molar-refractivity contribution >= 4 is 46.4 Å². The number of fused-ring (bicyclic) bond motifs is 4. The number of amides is 1. The van der Waals surface area contributed by atoms with Crippen LogP contribution < -0.4 is 15.8 Å². The molecular formula is C25H25ClFN5O2S. The normalized spacial score (nSPS) is 24.5. The lowest BCUT2D eigenvalue weighted by Gasteiger charge is -2.50. The maximum atomic E-state index is 14.9. The summed E-state index contributed by atoms with van der Waals surface area (Å²) in [6.45, 7) is 1.60. The number of benzene rings is 1. The van der Waals surface area contributed by atoms with Gasteiger partial charge < -0.3 is 20.2 Å². The third-order valence-corrected chi connectivity index (χ3v) is 9.63. The molecule has 35 heavy (non-hydrogen) atoms. The van der Waals surface area contributed by atoms with Gasteiger partial charge in [0.25, 0.3) is 5.91 Å². The second-order valence-corrected chi connectivity index (χ2v) is 11.5. The number of pyridine rings is 1. The van der Waals surface area contributed by atoms with Crippen LogP contribution in [0.4, 0.5) is 10.1 Å². The molecule has 3 aliphatic rings. The third-order valence-electron chi connectivity index (χ3n) is 7.43. The average molecular weight is 514 g/mol. The van der Waals surface area contributed by atoms with E-state index in [2.05, 4.69) is 10.3 Å². The molecule has 3 aromatic rings.